The van der Waals surface area contributed by atoms with Gasteiger partial charge in [-0.05, 0) is 30.9 Å². The lowest BCUT2D eigenvalue weighted by Gasteiger charge is -2.16. The van der Waals surface area contributed by atoms with Crippen LogP contribution in [-0.2, 0) is 0 Å². The van der Waals surface area contributed by atoms with E-state index >= 15 is 0 Å². The first-order valence-corrected chi connectivity index (χ1v) is 6.76. The molecule has 0 aliphatic carbocycles. The maximum absolute atomic E-state index is 13.5. The number of benzene rings is 1. The molecule has 1 amide bonds. The molecule has 5 nitrogen and oxygen atoms in total. The zero-order valence-corrected chi connectivity index (χ0v) is 11.3. The van der Waals surface area contributed by atoms with Gasteiger partial charge in [0.1, 0.15) is 0 Å². The summed E-state index contributed by atoms with van der Waals surface area (Å²) >= 11 is 0. The van der Waals surface area contributed by atoms with Crippen LogP contribution in [0.25, 0.3) is 0 Å². The van der Waals surface area contributed by atoms with E-state index in [1.54, 1.807) is 4.90 Å². The van der Waals surface area contributed by atoms with Crippen LogP contribution in [0.4, 0.5) is 10.1 Å². The van der Waals surface area contributed by atoms with Gasteiger partial charge in [-0.1, -0.05) is 13.3 Å². The Morgan fingerprint density at radius 2 is 2.30 bits per heavy atom. The predicted octanol–water partition coefficient (Wildman–Crippen LogP) is 3.00. The maximum Gasteiger partial charge on any atom is 0.304 e. The van der Waals surface area contributed by atoms with E-state index in [1.807, 2.05) is 0 Å². The Bertz CT molecular complexity index is 533. The van der Waals surface area contributed by atoms with E-state index in [9.17, 15) is 19.3 Å². The number of amides is 1. The monoisotopic (exact) mass is 280 g/mol. The van der Waals surface area contributed by atoms with Crippen molar-refractivity contribution in [3.63, 3.8) is 0 Å². The summed E-state index contributed by atoms with van der Waals surface area (Å²) in [6, 6.07) is 3.31. The zero-order chi connectivity index (χ0) is 14.7. The van der Waals surface area contributed by atoms with Crippen LogP contribution in [0.3, 0.4) is 0 Å². The molecule has 1 unspecified atom stereocenters. The first kappa shape index (κ1) is 14.4. The molecule has 0 radical (unpaired) electrons. The topological polar surface area (TPSA) is 63.5 Å². The summed E-state index contributed by atoms with van der Waals surface area (Å²) in [7, 11) is 0. The number of carbonyl (C=O) groups is 1. The Balaban J connectivity index is 2.10. The van der Waals surface area contributed by atoms with Crippen molar-refractivity contribution in [1.29, 1.82) is 0 Å². The number of rotatable bonds is 4. The highest BCUT2D eigenvalue weighted by atomic mass is 19.1. The minimum absolute atomic E-state index is 0.172. The second-order valence-electron chi connectivity index (χ2n) is 5.12. The number of nitrogens with zero attached hydrogens (tertiary/aromatic N) is 2. The van der Waals surface area contributed by atoms with Crippen LogP contribution in [0.1, 0.15) is 36.5 Å². The normalized spacial score (nSPS) is 18.3. The fourth-order valence-corrected chi connectivity index (χ4v) is 2.63. The average molecular weight is 280 g/mol. The van der Waals surface area contributed by atoms with Crippen molar-refractivity contribution in [3.8, 4) is 0 Å². The van der Waals surface area contributed by atoms with Crippen LogP contribution in [-0.4, -0.2) is 28.8 Å². The van der Waals surface area contributed by atoms with Gasteiger partial charge in [-0.15, -0.1) is 0 Å². The molecular formula is C14H17FN2O3. The second-order valence-corrected chi connectivity index (χ2v) is 5.12. The van der Waals surface area contributed by atoms with Crippen LogP contribution < -0.4 is 0 Å². The van der Waals surface area contributed by atoms with E-state index < -0.39 is 16.4 Å². The molecule has 1 aliphatic rings. The zero-order valence-electron chi connectivity index (χ0n) is 11.3. The summed E-state index contributed by atoms with van der Waals surface area (Å²) in [5.74, 6) is -0.714. The first-order chi connectivity index (χ1) is 9.52. The number of likely N-dealkylation sites (tertiary alicyclic amines) is 1. The van der Waals surface area contributed by atoms with Crippen molar-refractivity contribution in [3.05, 3.63) is 39.7 Å². The highest BCUT2D eigenvalue weighted by Crippen LogP contribution is 2.24. The van der Waals surface area contributed by atoms with Gasteiger partial charge in [-0.2, -0.15) is 4.39 Å². The summed E-state index contributed by atoms with van der Waals surface area (Å²) in [5, 5.41) is 10.5. The predicted molar refractivity (Wildman–Crippen MR) is 72.0 cm³/mol. The van der Waals surface area contributed by atoms with Gasteiger partial charge in [0, 0.05) is 24.7 Å². The molecular weight excluding hydrogens is 263 g/mol. The summed E-state index contributed by atoms with van der Waals surface area (Å²) in [4.78, 5) is 23.7. The van der Waals surface area contributed by atoms with E-state index in [2.05, 4.69) is 6.92 Å². The van der Waals surface area contributed by atoms with Gasteiger partial charge in [-0.3, -0.25) is 14.9 Å². The van der Waals surface area contributed by atoms with E-state index in [0.29, 0.717) is 19.0 Å². The molecule has 1 saturated heterocycles. The molecule has 108 valence electrons. The average Bonchev–Trinajstić information content (AvgIpc) is 2.86. The lowest BCUT2D eigenvalue weighted by Crippen LogP contribution is -2.28. The van der Waals surface area contributed by atoms with Gasteiger partial charge in [0.05, 0.1) is 4.92 Å². The van der Waals surface area contributed by atoms with Gasteiger partial charge < -0.3 is 4.90 Å². The molecule has 1 atom stereocenters. The SMILES string of the molecule is CCCC1CCN(C(=O)c2ccc([N+](=O)[O-])c(F)c2)C1. The van der Waals surface area contributed by atoms with Crippen molar-refractivity contribution in [2.24, 2.45) is 5.92 Å². The minimum Gasteiger partial charge on any atom is -0.338 e. The third kappa shape index (κ3) is 2.95. The quantitative estimate of drug-likeness (QED) is 0.629. The van der Waals surface area contributed by atoms with Crippen molar-refractivity contribution < 1.29 is 14.1 Å². The smallest absolute Gasteiger partial charge is 0.304 e. The molecule has 0 saturated carbocycles. The van der Waals surface area contributed by atoms with Crippen LogP contribution in [0, 0.1) is 21.8 Å². The summed E-state index contributed by atoms with van der Waals surface area (Å²) in [6.07, 6.45) is 3.13. The van der Waals surface area contributed by atoms with Crippen LogP contribution in [0.5, 0.6) is 0 Å². The molecule has 1 heterocycles. The molecule has 0 spiro atoms. The van der Waals surface area contributed by atoms with Crippen molar-refractivity contribution in [1.82, 2.24) is 4.90 Å². The maximum atomic E-state index is 13.5. The first-order valence-electron chi connectivity index (χ1n) is 6.76. The number of halogens is 1. The van der Waals surface area contributed by atoms with Crippen molar-refractivity contribution in [2.75, 3.05) is 13.1 Å². The third-order valence-electron chi connectivity index (χ3n) is 3.66. The van der Waals surface area contributed by atoms with E-state index in [0.717, 1.165) is 31.4 Å². The Morgan fingerprint density at radius 3 is 2.90 bits per heavy atom. The number of hydrogen-bond acceptors (Lipinski definition) is 3. The Hall–Kier alpha value is -1.98. The van der Waals surface area contributed by atoms with Crippen LogP contribution >= 0.6 is 0 Å². The molecule has 6 heteroatoms. The van der Waals surface area contributed by atoms with Gasteiger partial charge in [-0.25, -0.2) is 0 Å². The van der Waals surface area contributed by atoms with Gasteiger partial charge in [0.2, 0.25) is 5.82 Å². The number of nitro benzene ring substituents is 1. The summed E-state index contributed by atoms with van der Waals surface area (Å²) in [6.45, 7) is 3.46. The molecule has 0 bridgehead atoms. The molecule has 0 N–H and O–H groups in total. The van der Waals surface area contributed by atoms with E-state index in [4.69, 9.17) is 0 Å². The second kappa shape index (κ2) is 5.98. The third-order valence-corrected chi connectivity index (χ3v) is 3.66. The van der Waals surface area contributed by atoms with Crippen molar-refractivity contribution in [2.45, 2.75) is 26.2 Å². The molecule has 1 aliphatic heterocycles. The van der Waals surface area contributed by atoms with Crippen LogP contribution in [0.2, 0.25) is 0 Å². The molecule has 0 aromatic heterocycles. The summed E-state index contributed by atoms with van der Waals surface area (Å²) in [5.41, 5.74) is -0.433. The largest absolute Gasteiger partial charge is 0.338 e. The highest BCUT2D eigenvalue weighted by Gasteiger charge is 2.27. The van der Waals surface area contributed by atoms with Gasteiger partial charge >= 0.3 is 5.69 Å². The van der Waals surface area contributed by atoms with Gasteiger partial charge in [0.15, 0.2) is 0 Å². The number of hydrogen-bond donors (Lipinski definition) is 0. The number of carbonyl (C=O) groups excluding carboxylic acids is 1. The fraction of sp³-hybridized carbons (Fsp3) is 0.500. The molecule has 1 aromatic carbocycles. The lowest BCUT2D eigenvalue weighted by molar-refractivity contribution is -0.387. The molecule has 20 heavy (non-hydrogen) atoms. The van der Waals surface area contributed by atoms with Crippen LogP contribution in [0.15, 0.2) is 18.2 Å². The fourth-order valence-electron chi connectivity index (χ4n) is 2.63. The molecule has 2 rings (SSSR count). The Kier molecular flexibility index (Phi) is 4.32. The highest BCUT2D eigenvalue weighted by molar-refractivity contribution is 5.94. The number of nitro groups is 1. The van der Waals surface area contributed by atoms with E-state index in [1.165, 1.54) is 6.07 Å². The molecule has 1 aromatic rings. The standard InChI is InChI=1S/C14H17FN2O3/c1-2-3-10-6-7-16(9-10)14(18)11-4-5-13(17(19)20)12(15)8-11/h4-5,8,10H,2-3,6-7,9H2,1H3. The van der Waals surface area contributed by atoms with E-state index in [-0.39, 0.29) is 11.5 Å². The van der Waals surface area contributed by atoms with Crippen molar-refractivity contribution >= 4 is 11.6 Å². The van der Waals surface area contributed by atoms with Gasteiger partial charge in [0.25, 0.3) is 5.91 Å². The lowest BCUT2D eigenvalue weighted by atomic mass is 10.0. The Morgan fingerprint density at radius 1 is 1.55 bits per heavy atom. The minimum atomic E-state index is -0.967. The Labute approximate surface area is 116 Å². The molecule has 1 fully saturated rings. The summed E-state index contributed by atoms with van der Waals surface area (Å²) < 4.78 is 13.5.